The summed E-state index contributed by atoms with van der Waals surface area (Å²) in [6.07, 6.45) is 2.66. The van der Waals surface area contributed by atoms with Gasteiger partial charge >= 0.3 is 0 Å². The van der Waals surface area contributed by atoms with E-state index in [0.29, 0.717) is 25.1 Å². The summed E-state index contributed by atoms with van der Waals surface area (Å²) in [6, 6.07) is 3.46. The third-order valence-corrected chi connectivity index (χ3v) is 3.76. The normalized spacial score (nSPS) is 17.4. The first-order valence-electron chi connectivity index (χ1n) is 7.50. The lowest BCUT2D eigenvalue weighted by Crippen LogP contribution is -2.43. The molecule has 1 aromatic rings. The number of halogens is 1. The molecule has 0 bridgehead atoms. The lowest BCUT2D eigenvalue weighted by molar-refractivity contribution is -0.136. The predicted molar refractivity (Wildman–Crippen MR) is 81.2 cm³/mol. The van der Waals surface area contributed by atoms with Crippen LogP contribution in [-0.4, -0.2) is 36.4 Å². The maximum Gasteiger partial charge on any atom is 0.247 e. The Kier molecular flexibility index (Phi) is 5.35. The molecule has 1 fully saturated rings. The average molecular weight is 308 g/mol. The monoisotopic (exact) mass is 308 g/mol. The van der Waals surface area contributed by atoms with Gasteiger partial charge in [-0.2, -0.15) is 0 Å². The van der Waals surface area contributed by atoms with Crippen LogP contribution in [0.2, 0.25) is 0 Å². The van der Waals surface area contributed by atoms with Gasteiger partial charge in [-0.25, -0.2) is 4.39 Å². The maximum atomic E-state index is 13.2. The van der Waals surface area contributed by atoms with Gasteiger partial charge in [0, 0.05) is 19.0 Å². The molecule has 1 aromatic carbocycles. The van der Waals surface area contributed by atoms with Crippen LogP contribution in [0, 0.1) is 5.82 Å². The van der Waals surface area contributed by atoms with Crippen LogP contribution in [0.15, 0.2) is 18.2 Å². The number of hydrogen-bond acceptors (Lipinski definition) is 3. The molecule has 1 saturated heterocycles. The number of methoxy groups -OCH3 is 1. The third-order valence-electron chi connectivity index (χ3n) is 3.76. The van der Waals surface area contributed by atoms with E-state index in [9.17, 15) is 14.0 Å². The van der Waals surface area contributed by atoms with E-state index >= 15 is 0 Å². The van der Waals surface area contributed by atoms with Crippen LogP contribution in [0.25, 0.3) is 0 Å². The topological polar surface area (TPSA) is 58.6 Å². The molecule has 1 heterocycles. The van der Waals surface area contributed by atoms with Crippen molar-refractivity contribution >= 4 is 17.5 Å². The molecule has 5 nitrogen and oxygen atoms in total. The zero-order valence-electron chi connectivity index (χ0n) is 12.9. The van der Waals surface area contributed by atoms with E-state index in [1.165, 1.54) is 25.3 Å². The highest BCUT2D eigenvalue weighted by Gasteiger charge is 2.33. The van der Waals surface area contributed by atoms with E-state index in [2.05, 4.69) is 5.32 Å². The Morgan fingerprint density at radius 3 is 2.91 bits per heavy atom. The summed E-state index contributed by atoms with van der Waals surface area (Å²) in [5.41, 5.74) is 0.406. The lowest BCUT2D eigenvalue weighted by atomic mass is 10.2. The Balaban J connectivity index is 2.10. The van der Waals surface area contributed by atoms with Gasteiger partial charge in [-0.3, -0.25) is 9.59 Å². The van der Waals surface area contributed by atoms with Crippen LogP contribution in [0.5, 0.6) is 5.75 Å². The Morgan fingerprint density at radius 1 is 1.45 bits per heavy atom. The second kappa shape index (κ2) is 7.24. The van der Waals surface area contributed by atoms with Gasteiger partial charge in [0.2, 0.25) is 11.8 Å². The molecular formula is C16H21FN2O3. The third kappa shape index (κ3) is 3.55. The van der Waals surface area contributed by atoms with Gasteiger partial charge in [-0.1, -0.05) is 6.92 Å². The summed E-state index contributed by atoms with van der Waals surface area (Å²) in [5.74, 6) is -0.425. The second-order valence-corrected chi connectivity index (χ2v) is 5.33. The highest BCUT2D eigenvalue weighted by Crippen LogP contribution is 2.27. The molecule has 22 heavy (non-hydrogen) atoms. The van der Waals surface area contributed by atoms with Crippen LogP contribution in [0.3, 0.4) is 0 Å². The van der Waals surface area contributed by atoms with Crippen molar-refractivity contribution in [1.29, 1.82) is 0 Å². The number of nitrogens with one attached hydrogen (secondary N) is 1. The quantitative estimate of drug-likeness (QED) is 0.909. The van der Waals surface area contributed by atoms with E-state index in [1.54, 1.807) is 4.90 Å². The minimum Gasteiger partial charge on any atom is -0.494 e. The largest absolute Gasteiger partial charge is 0.494 e. The number of amides is 2. The Morgan fingerprint density at radius 2 is 2.23 bits per heavy atom. The van der Waals surface area contributed by atoms with E-state index in [-0.39, 0.29) is 17.6 Å². The molecule has 120 valence electrons. The SMILES string of the molecule is CCCC(=O)N1CCCC1C(=O)Nc1ccc(F)cc1OC. The van der Waals surface area contributed by atoms with Gasteiger partial charge in [0.25, 0.3) is 0 Å². The molecule has 1 aliphatic rings. The number of anilines is 1. The zero-order valence-corrected chi connectivity index (χ0v) is 12.9. The first kappa shape index (κ1) is 16.3. The minimum atomic E-state index is -0.464. The molecule has 0 spiro atoms. The van der Waals surface area contributed by atoms with E-state index < -0.39 is 11.9 Å². The second-order valence-electron chi connectivity index (χ2n) is 5.33. The van der Waals surface area contributed by atoms with Crippen LogP contribution in [0.4, 0.5) is 10.1 Å². The fourth-order valence-electron chi connectivity index (χ4n) is 2.68. The van der Waals surface area contributed by atoms with Gasteiger partial charge < -0.3 is 15.0 Å². The number of hydrogen-bond donors (Lipinski definition) is 1. The molecule has 1 atom stereocenters. The summed E-state index contributed by atoms with van der Waals surface area (Å²) in [4.78, 5) is 26.1. The highest BCUT2D eigenvalue weighted by molar-refractivity contribution is 5.98. The molecule has 0 aliphatic carbocycles. The van der Waals surface area contributed by atoms with Crippen LogP contribution < -0.4 is 10.1 Å². The van der Waals surface area contributed by atoms with Gasteiger partial charge in [0.1, 0.15) is 17.6 Å². The standard InChI is InChI=1S/C16H21FN2O3/c1-3-5-15(20)19-9-4-6-13(19)16(21)18-12-8-7-11(17)10-14(12)22-2/h7-8,10,13H,3-6,9H2,1-2H3,(H,18,21). The number of likely N-dealkylation sites (tertiary alicyclic amines) is 1. The summed E-state index contributed by atoms with van der Waals surface area (Å²) in [7, 11) is 1.41. The Bertz CT molecular complexity index is 562. The Hall–Kier alpha value is -2.11. The van der Waals surface area contributed by atoms with Crippen molar-refractivity contribution in [3.05, 3.63) is 24.0 Å². The highest BCUT2D eigenvalue weighted by atomic mass is 19.1. The maximum absolute atomic E-state index is 13.2. The van der Waals surface area contributed by atoms with Crippen molar-refractivity contribution in [3.63, 3.8) is 0 Å². The molecule has 2 rings (SSSR count). The number of ether oxygens (including phenoxy) is 1. The van der Waals surface area contributed by atoms with E-state index in [0.717, 1.165) is 12.8 Å². The van der Waals surface area contributed by atoms with E-state index in [4.69, 9.17) is 4.74 Å². The molecule has 0 saturated carbocycles. The molecule has 0 radical (unpaired) electrons. The fourth-order valence-corrected chi connectivity index (χ4v) is 2.68. The summed E-state index contributed by atoms with van der Waals surface area (Å²) in [6.45, 7) is 2.55. The number of nitrogens with zero attached hydrogens (tertiary/aromatic N) is 1. The van der Waals surface area contributed by atoms with Gasteiger partial charge in [-0.05, 0) is 31.4 Å². The molecule has 1 unspecified atom stereocenters. The van der Waals surface area contributed by atoms with Gasteiger partial charge in [0.05, 0.1) is 12.8 Å². The molecule has 6 heteroatoms. The van der Waals surface area contributed by atoms with Crippen molar-refractivity contribution in [3.8, 4) is 5.75 Å². The number of carbonyl (C=O) groups excluding carboxylic acids is 2. The molecular weight excluding hydrogens is 287 g/mol. The number of carbonyl (C=O) groups is 2. The molecule has 0 aromatic heterocycles. The molecule has 2 amide bonds. The number of rotatable bonds is 5. The van der Waals surface area contributed by atoms with Crippen LogP contribution in [-0.2, 0) is 9.59 Å². The lowest BCUT2D eigenvalue weighted by Gasteiger charge is -2.24. The minimum absolute atomic E-state index is 0.00576. The molecule has 1 aliphatic heterocycles. The summed E-state index contributed by atoms with van der Waals surface area (Å²) >= 11 is 0. The number of benzene rings is 1. The first-order chi connectivity index (χ1) is 10.6. The van der Waals surface area contributed by atoms with Gasteiger partial charge in [0.15, 0.2) is 0 Å². The first-order valence-corrected chi connectivity index (χ1v) is 7.50. The van der Waals surface area contributed by atoms with Crippen molar-refractivity contribution in [2.45, 2.75) is 38.6 Å². The summed E-state index contributed by atoms with van der Waals surface area (Å²) in [5, 5.41) is 2.73. The van der Waals surface area contributed by atoms with Crippen molar-refractivity contribution in [2.24, 2.45) is 0 Å². The Labute approximate surface area is 129 Å². The van der Waals surface area contributed by atoms with Crippen molar-refractivity contribution in [1.82, 2.24) is 4.90 Å². The summed E-state index contributed by atoms with van der Waals surface area (Å²) < 4.78 is 18.2. The zero-order chi connectivity index (χ0) is 16.1. The predicted octanol–water partition coefficient (Wildman–Crippen LogP) is 2.56. The van der Waals surface area contributed by atoms with Crippen LogP contribution >= 0.6 is 0 Å². The van der Waals surface area contributed by atoms with Gasteiger partial charge in [-0.15, -0.1) is 0 Å². The van der Waals surface area contributed by atoms with Crippen molar-refractivity contribution < 1.29 is 18.7 Å². The molecule has 1 N–H and O–H groups in total. The fraction of sp³-hybridized carbons (Fsp3) is 0.500. The van der Waals surface area contributed by atoms with E-state index in [1.807, 2.05) is 6.92 Å². The van der Waals surface area contributed by atoms with Crippen molar-refractivity contribution in [2.75, 3.05) is 19.0 Å². The van der Waals surface area contributed by atoms with Crippen LogP contribution in [0.1, 0.15) is 32.6 Å². The average Bonchev–Trinajstić information content (AvgIpc) is 2.99. The smallest absolute Gasteiger partial charge is 0.247 e.